The van der Waals surface area contributed by atoms with Gasteiger partial charge in [0.05, 0.1) is 22.8 Å². The molecule has 3 aromatic carbocycles. The molecule has 45 heavy (non-hydrogen) atoms. The van der Waals surface area contributed by atoms with Crippen LogP contribution in [0.5, 0.6) is 17.2 Å². The van der Waals surface area contributed by atoms with Crippen LogP contribution in [0.4, 0.5) is 0 Å². The summed E-state index contributed by atoms with van der Waals surface area (Å²) in [6, 6.07) is 31.4. The van der Waals surface area contributed by atoms with E-state index in [-0.39, 0.29) is 17.2 Å². The van der Waals surface area contributed by atoms with Crippen molar-refractivity contribution < 1.29 is 15.3 Å². The van der Waals surface area contributed by atoms with Crippen LogP contribution in [0.2, 0.25) is 0 Å². The SMILES string of the molecule is Oc1ccc(-c2c3nc(c(-c4ccc(O)cc4)c4ccc([nH]4)c(-c4ccc(O)cc4)c4nc(cc5ccc2[nH]5)C=C4)C=C3)cc1. The highest BCUT2D eigenvalue weighted by Gasteiger charge is 2.17. The number of phenolic OH excluding ortho intramolecular Hbond substituents is 3. The molecule has 2 aliphatic heterocycles. The first-order valence-corrected chi connectivity index (χ1v) is 14.5. The Morgan fingerprint density at radius 1 is 0.400 bits per heavy atom. The summed E-state index contributed by atoms with van der Waals surface area (Å²) in [5, 5.41) is 30.1. The van der Waals surface area contributed by atoms with Crippen molar-refractivity contribution in [2.75, 3.05) is 0 Å². The highest BCUT2D eigenvalue weighted by molar-refractivity contribution is 5.97. The summed E-state index contributed by atoms with van der Waals surface area (Å²) < 4.78 is 0. The molecule has 0 atom stereocenters. The summed E-state index contributed by atoms with van der Waals surface area (Å²) in [6.07, 6.45) is 7.99. The molecule has 0 aliphatic carbocycles. The predicted molar refractivity (Wildman–Crippen MR) is 180 cm³/mol. The molecule has 2 aliphatic rings. The van der Waals surface area contributed by atoms with Crippen molar-refractivity contribution in [3.05, 3.63) is 126 Å². The third-order valence-corrected chi connectivity index (χ3v) is 8.04. The van der Waals surface area contributed by atoms with E-state index in [0.717, 1.165) is 78.2 Å². The van der Waals surface area contributed by atoms with Gasteiger partial charge in [-0.05, 0) is 108 Å². The maximum absolute atomic E-state index is 10.1. The number of benzene rings is 3. The third kappa shape index (κ3) is 4.82. The number of hydrogen-bond donors (Lipinski definition) is 5. The lowest BCUT2D eigenvalue weighted by atomic mass is 10.0. The van der Waals surface area contributed by atoms with Gasteiger partial charge in [-0.15, -0.1) is 0 Å². The number of aromatic hydroxyl groups is 3. The van der Waals surface area contributed by atoms with Gasteiger partial charge in [0, 0.05) is 38.8 Å². The van der Waals surface area contributed by atoms with Crippen LogP contribution in [0.3, 0.4) is 0 Å². The Morgan fingerprint density at radius 3 is 1.29 bits per heavy atom. The highest BCUT2D eigenvalue weighted by atomic mass is 16.3. The number of hydrogen-bond acceptors (Lipinski definition) is 5. The number of rotatable bonds is 3. The second-order valence-electron chi connectivity index (χ2n) is 11.0. The van der Waals surface area contributed by atoms with Crippen LogP contribution in [-0.2, 0) is 0 Å². The number of nitrogens with zero attached hydrogens (tertiary/aromatic N) is 2. The average Bonchev–Trinajstić information content (AvgIpc) is 3.87. The van der Waals surface area contributed by atoms with E-state index < -0.39 is 0 Å². The van der Waals surface area contributed by atoms with Gasteiger partial charge >= 0.3 is 0 Å². The van der Waals surface area contributed by atoms with Crippen molar-refractivity contribution in [1.82, 2.24) is 19.9 Å². The fraction of sp³-hybridized carbons (Fsp3) is 0. The maximum atomic E-state index is 10.1. The molecule has 7 nitrogen and oxygen atoms in total. The Morgan fingerprint density at radius 2 is 0.800 bits per heavy atom. The van der Waals surface area contributed by atoms with Crippen LogP contribution < -0.4 is 0 Å². The van der Waals surface area contributed by atoms with E-state index in [1.165, 1.54) is 0 Å². The zero-order valence-electron chi connectivity index (χ0n) is 23.9. The third-order valence-electron chi connectivity index (χ3n) is 8.04. The molecule has 0 fully saturated rings. The van der Waals surface area contributed by atoms with Crippen LogP contribution in [0.25, 0.3) is 79.8 Å². The topological polar surface area (TPSA) is 118 Å². The summed E-state index contributed by atoms with van der Waals surface area (Å²) in [7, 11) is 0. The first-order valence-electron chi connectivity index (χ1n) is 14.5. The number of aromatic nitrogens is 4. The molecule has 8 rings (SSSR count). The van der Waals surface area contributed by atoms with Crippen LogP contribution >= 0.6 is 0 Å². The van der Waals surface area contributed by atoms with Crippen molar-refractivity contribution in [2.24, 2.45) is 0 Å². The van der Waals surface area contributed by atoms with Gasteiger partial charge in [-0.25, -0.2) is 9.97 Å². The molecule has 7 heteroatoms. The minimum atomic E-state index is 0.180. The average molecular weight is 587 g/mol. The Kier molecular flexibility index (Phi) is 6.10. The monoisotopic (exact) mass is 586 g/mol. The van der Waals surface area contributed by atoms with Gasteiger partial charge < -0.3 is 25.3 Å². The van der Waals surface area contributed by atoms with Crippen LogP contribution in [-0.4, -0.2) is 35.3 Å². The van der Waals surface area contributed by atoms with E-state index in [4.69, 9.17) is 9.97 Å². The maximum Gasteiger partial charge on any atom is 0.115 e. The van der Waals surface area contributed by atoms with Crippen LogP contribution in [0, 0.1) is 0 Å². The first kappa shape index (κ1) is 26.3. The fourth-order valence-electron chi connectivity index (χ4n) is 5.93. The minimum Gasteiger partial charge on any atom is -0.508 e. The smallest absolute Gasteiger partial charge is 0.115 e. The van der Waals surface area contributed by atoms with Gasteiger partial charge in [0.15, 0.2) is 0 Å². The quantitative estimate of drug-likeness (QED) is 0.142. The zero-order chi connectivity index (χ0) is 30.5. The summed E-state index contributed by atoms with van der Waals surface area (Å²) in [5.74, 6) is 0.562. The van der Waals surface area contributed by atoms with E-state index in [2.05, 4.69) is 9.97 Å². The number of fused-ring (bicyclic) bond motifs is 8. The Bertz CT molecular complexity index is 2280. The van der Waals surface area contributed by atoms with Crippen LogP contribution in [0.1, 0.15) is 22.8 Å². The zero-order valence-corrected chi connectivity index (χ0v) is 23.9. The normalized spacial score (nSPS) is 12.1. The van der Waals surface area contributed by atoms with Gasteiger partial charge in [-0.1, -0.05) is 36.4 Å². The molecule has 0 spiro atoms. The summed E-state index contributed by atoms with van der Waals surface area (Å²) in [6.45, 7) is 0. The van der Waals surface area contributed by atoms with Gasteiger partial charge in [0.25, 0.3) is 0 Å². The van der Waals surface area contributed by atoms with Gasteiger partial charge in [0.2, 0.25) is 0 Å². The number of aromatic amines is 2. The van der Waals surface area contributed by atoms with Crippen molar-refractivity contribution in [1.29, 1.82) is 0 Å². The molecule has 5 heterocycles. The van der Waals surface area contributed by atoms with E-state index >= 15 is 0 Å². The molecule has 3 aromatic heterocycles. The molecule has 5 N–H and O–H groups in total. The molecule has 6 aromatic rings. The number of phenols is 3. The summed E-state index contributed by atoms with van der Waals surface area (Å²) in [4.78, 5) is 17.3. The van der Waals surface area contributed by atoms with E-state index in [1.807, 2.05) is 91.0 Å². The second-order valence-corrected chi connectivity index (χ2v) is 11.0. The lowest BCUT2D eigenvalue weighted by molar-refractivity contribution is 0.475. The van der Waals surface area contributed by atoms with Crippen molar-refractivity contribution >= 4 is 46.4 Å². The lowest BCUT2D eigenvalue weighted by Gasteiger charge is -2.06. The lowest BCUT2D eigenvalue weighted by Crippen LogP contribution is -1.88. The number of nitrogens with one attached hydrogen (secondary N) is 2. The molecule has 8 bridgehead atoms. The highest BCUT2D eigenvalue weighted by Crippen LogP contribution is 2.37. The van der Waals surface area contributed by atoms with E-state index in [9.17, 15) is 15.3 Å². The first-order chi connectivity index (χ1) is 22.0. The van der Waals surface area contributed by atoms with Crippen molar-refractivity contribution in [3.63, 3.8) is 0 Å². The Labute approximate surface area is 257 Å². The summed E-state index contributed by atoms with van der Waals surface area (Å²) in [5.41, 5.74) is 11.9. The van der Waals surface area contributed by atoms with Crippen molar-refractivity contribution in [2.45, 2.75) is 0 Å². The van der Waals surface area contributed by atoms with Gasteiger partial charge in [-0.3, -0.25) is 0 Å². The van der Waals surface area contributed by atoms with Crippen molar-refractivity contribution in [3.8, 4) is 50.6 Å². The molecule has 0 saturated carbocycles. The van der Waals surface area contributed by atoms with E-state index in [1.54, 1.807) is 36.4 Å². The Balaban J connectivity index is 1.52. The molecular weight excluding hydrogens is 560 g/mol. The largest absolute Gasteiger partial charge is 0.508 e. The predicted octanol–water partition coefficient (Wildman–Crippen LogP) is 8.77. The minimum absolute atomic E-state index is 0.180. The van der Waals surface area contributed by atoms with Gasteiger partial charge in [-0.2, -0.15) is 0 Å². The molecule has 0 saturated heterocycles. The molecular formula is C38H26N4O3. The standard InChI is InChI=1S/C38H26N4O3/c43-27-9-1-22(2-10-27)36-30-15-7-25(39-30)21-26-8-16-31(40-26)37(23-3-11-28(44)12-4-23)33-18-20-35(42-33)38(34-19-17-32(36)41-34)24-5-13-29(45)14-6-24/h1-21,39,42-45H. The molecule has 216 valence electrons. The second kappa shape index (κ2) is 10.4. The number of H-pyrrole nitrogens is 2. The fourth-order valence-corrected chi connectivity index (χ4v) is 5.93. The van der Waals surface area contributed by atoms with Gasteiger partial charge in [0.1, 0.15) is 17.2 Å². The molecule has 0 radical (unpaired) electrons. The summed E-state index contributed by atoms with van der Waals surface area (Å²) >= 11 is 0. The van der Waals surface area contributed by atoms with E-state index in [0.29, 0.717) is 0 Å². The molecule has 0 amide bonds. The van der Waals surface area contributed by atoms with Crippen LogP contribution in [0.15, 0.2) is 103 Å². The Hall–Kier alpha value is -6.34. The molecule has 0 unspecified atom stereocenters.